The van der Waals surface area contributed by atoms with Gasteiger partial charge in [0.15, 0.2) is 0 Å². The van der Waals surface area contributed by atoms with Gasteiger partial charge in [-0.2, -0.15) is 0 Å². The minimum Gasteiger partial charge on any atom is -0.311 e. The lowest BCUT2D eigenvalue weighted by atomic mass is 10.0. The van der Waals surface area contributed by atoms with Crippen molar-refractivity contribution in [3.05, 3.63) is 59.1 Å². The van der Waals surface area contributed by atoms with Crippen molar-refractivity contribution >= 4 is 11.6 Å². The molecule has 0 aliphatic heterocycles. The summed E-state index contributed by atoms with van der Waals surface area (Å²) in [6.07, 6.45) is 6.02. The number of likely N-dealkylation sites (N-methyl/N-ethyl adjacent to an activating group) is 1. The summed E-state index contributed by atoms with van der Waals surface area (Å²) in [5.74, 6) is 0. The Morgan fingerprint density at radius 3 is 2.82 bits per heavy atom. The number of hydrogen-bond donors (Lipinski definition) is 1. The summed E-state index contributed by atoms with van der Waals surface area (Å²) in [4.78, 5) is 8.34. The Bertz CT molecular complexity index is 473. The first-order chi connectivity index (χ1) is 8.31. The Morgan fingerprint density at radius 2 is 2.18 bits per heavy atom. The lowest BCUT2D eigenvalue weighted by molar-refractivity contribution is 0.576. The lowest BCUT2D eigenvalue weighted by Gasteiger charge is -2.16. The Hall–Kier alpha value is -1.45. The molecule has 2 rings (SSSR count). The lowest BCUT2D eigenvalue weighted by Crippen LogP contribution is -2.20. The van der Waals surface area contributed by atoms with Crippen LogP contribution in [0.25, 0.3) is 0 Å². The molecular formula is C13H14ClN3. The summed E-state index contributed by atoms with van der Waals surface area (Å²) in [5, 5.41) is 3.95. The maximum atomic E-state index is 6.10. The second-order valence-corrected chi connectivity index (χ2v) is 4.17. The third kappa shape index (κ3) is 3.02. The number of rotatable bonds is 4. The molecule has 0 spiro atoms. The highest BCUT2D eigenvalue weighted by molar-refractivity contribution is 6.31. The van der Waals surface area contributed by atoms with Crippen molar-refractivity contribution in [2.24, 2.45) is 0 Å². The van der Waals surface area contributed by atoms with Gasteiger partial charge in [-0.05, 0) is 37.2 Å². The minimum absolute atomic E-state index is 0.163. The van der Waals surface area contributed by atoms with Crippen molar-refractivity contribution in [3.63, 3.8) is 0 Å². The SMILES string of the molecule is CNC(Cc1ccncc1Cl)c1ccccn1. The first-order valence-electron chi connectivity index (χ1n) is 5.48. The maximum Gasteiger partial charge on any atom is 0.0622 e. The van der Waals surface area contributed by atoms with Crippen molar-refractivity contribution in [2.75, 3.05) is 7.05 Å². The van der Waals surface area contributed by atoms with Crippen molar-refractivity contribution in [2.45, 2.75) is 12.5 Å². The zero-order valence-corrected chi connectivity index (χ0v) is 10.4. The molecular weight excluding hydrogens is 234 g/mol. The predicted octanol–water partition coefficient (Wildman–Crippen LogP) is 2.63. The van der Waals surface area contributed by atoms with Crippen molar-refractivity contribution in [1.29, 1.82) is 0 Å². The molecule has 1 atom stereocenters. The molecule has 0 bridgehead atoms. The molecule has 2 heterocycles. The minimum atomic E-state index is 0.163. The van der Waals surface area contributed by atoms with Crippen LogP contribution in [0.2, 0.25) is 5.02 Å². The van der Waals surface area contributed by atoms with E-state index < -0.39 is 0 Å². The highest BCUT2D eigenvalue weighted by atomic mass is 35.5. The number of nitrogens with one attached hydrogen (secondary N) is 1. The molecule has 3 nitrogen and oxygen atoms in total. The average molecular weight is 248 g/mol. The Kier molecular flexibility index (Phi) is 4.07. The fourth-order valence-electron chi connectivity index (χ4n) is 1.73. The highest BCUT2D eigenvalue weighted by Gasteiger charge is 2.12. The van der Waals surface area contributed by atoms with Gasteiger partial charge in [-0.15, -0.1) is 0 Å². The predicted molar refractivity (Wildman–Crippen MR) is 69.0 cm³/mol. The number of halogens is 1. The van der Waals surface area contributed by atoms with Crippen LogP contribution in [-0.4, -0.2) is 17.0 Å². The third-order valence-corrected chi connectivity index (χ3v) is 3.01. The Morgan fingerprint density at radius 1 is 1.29 bits per heavy atom. The normalized spacial score (nSPS) is 12.4. The molecule has 4 heteroatoms. The molecule has 0 aliphatic carbocycles. The van der Waals surface area contributed by atoms with Gasteiger partial charge in [-0.3, -0.25) is 9.97 Å². The summed E-state index contributed by atoms with van der Waals surface area (Å²) in [5.41, 5.74) is 2.09. The molecule has 0 fully saturated rings. The second kappa shape index (κ2) is 5.75. The van der Waals surface area contributed by atoms with E-state index in [2.05, 4.69) is 15.3 Å². The monoisotopic (exact) mass is 247 g/mol. The third-order valence-electron chi connectivity index (χ3n) is 2.67. The van der Waals surface area contributed by atoms with Crippen LogP contribution in [0, 0.1) is 0 Å². The number of nitrogens with zero attached hydrogens (tertiary/aromatic N) is 2. The van der Waals surface area contributed by atoms with E-state index in [4.69, 9.17) is 11.6 Å². The van der Waals surface area contributed by atoms with Crippen LogP contribution in [0.3, 0.4) is 0 Å². The summed E-state index contributed by atoms with van der Waals surface area (Å²) in [7, 11) is 1.93. The molecule has 17 heavy (non-hydrogen) atoms. The molecule has 1 N–H and O–H groups in total. The average Bonchev–Trinajstić information content (AvgIpc) is 2.39. The van der Waals surface area contributed by atoms with E-state index >= 15 is 0 Å². The number of pyridine rings is 2. The van der Waals surface area contributed by atoms with Gasteiger partial charge in [0.2, 0.25) is 0 Å². The van der Waals surface area contributed by atoms with Gasteiger partial charge in [0.05, 0.1) is 16.8 Å². The van der Waals surface area contributed by atoms with E-state index in [1.807, 2.05) is 31.3 Å². The van der Waals surface area contributed by atoms with Crippen LogP contribution in [-0.2, 0) is 6.42 Å². The van der Waals surface area contributed by atoms with Crippen molar-refractivity contribution in [1.82, 2.24) is 15.3 Å². The van der Waals surface area contributed by atoms with Crippen molar-refractivity contribution < 1.29 is 0 Å². The van der Waals surface area contributed by atoms with Crippen LogP contribution >= 0.6 is 11.6 Å². The molecule has 2 aromatic heterocycles. The molecule has 0 saturated heterocycles. The molecule has 0 aromatic carbocycles. The molecule has 1 unspecified atom stereocenters. The summed E-state index contributed by atoms with van der Waals surface area (Å²) in [6.45, 7) is 0. The zero-order valence-electron chi connectivity index (χ0n) is 9.60. The second-order valence-electron chi connectivity index (χ2n) is 3.77. The largest absolute Gasteiger partial charge is 0.311 e. The highest BCUT2D eigenvalue weighted by Crippen LogP contribution is 2.21. The van der Waals surface area contributed by atoms with Gasteiger partial charge < -0.3 is 5.32 Å². The summed E-state index contributed by atoms with van der Waals surface area (Å²) in [6, 6.07) is 8.01. The fourth-order valence-corrected chi connectivity index (χ4v) is 1.92. The fraction of sp³-hybridized carbons (Fsp3) is 0.231. The van der Waals surface area contributed by atoms with E-state index in [-0.39, 0.29) is 6.04 Å². The molecule has 2 aromatic rings. The standard InChI is InChI=1S/C13H14ClN3/c1-15-13(12-4-2-3-6-17-12)8-10-5-7-16-9-11(10)14/h2-7,9,13,15H,8H2,1H3. The van der Waals surface area contributed by atoms with Gasteiger partial charge in [0.25, 0.3) is 0 Å². The zero-order chi connectivity index (χ0) is 12.1. The van der Waals surface area contributed by atoms with E-state index in [9.17, 15) is 0 Å². The van der Waals surface area contributed by atoms with Crippen LogP contribution in [0.15, 0.2) is 42.9 Å². The van der Waals surface area contributed by atoms with Gasteiger partial charge in [-0.25, -0.2) is 0 Å². The Labute approximate surface area is 106 Å². The smallest absolute Gasteiger partial charge is 0.0622 e. The Balaban J connectivity index is 2.19. The van der Waals surface area contributed by atoms with Crippen LogP contribution in [0.5, 0.6) is 0 Å². The first kappa shape index (κ1) is 12.0. The quantitative estimate of drug-likeness (QED) is 0.903. The van der Waals surface area contributed by atoms with Crippen LogP contribution < -0.4 is 5.32 Å². The van der Waals surface area contributed by atoms with Gasteiger partial charge >= 0.3 is 0 Å². The van der Waals surface area contributed by atoms with Gasteiger partial charge in [-0.1, -0.05) is 17.7 Å². The van der Waals surface area contributed by atoms with Crippen LogP contribution in [0.4, 0.5) is 0 Å². The van der Waals surface area contributed by atoms with E-state index in [1.165, 1.54) is 0 Å². The van der Waals surface area contributed by atoms with E-state index in [1.54, 1.807) is 18.6 Å². The van der Waals surface area contributed by atoms with Crippen molar-refractivity contribution in [3.8, 4) is 0 Å². The van der Waals surface area contributed by atoms with Crippen LogP contribution in [0.1, 0.15) is 17.3 Å². The maximum absolute atomic E-state index is 6.10. The van der Waals surface area contributed by atoms with E-state index in [0.29, 0.717) is 5.02 Å². The molecule has 0 radical (unpaired) electrons. The molecule has 0 saturated carbocycles. The first-order valence-corrected chi connectivity index (χ1v) is 5.85. The molecule has 0 aliphatic rings. The topological polar surface area (TPSA) is 37.8 Å². The van der Waals surface area contributed by atoms with Gasteiger partial charge in [0, 0.05) is 18.6 Å². The molecule has 88 valence electrons. The molecule has 0 amide bonds. The number of hydrogen-bond acceptors (Lipinski definition) is 3. The van der Waals surface area contributed by atoms with E-state index in [0.717, 1.165) is 17.7 Å². The van der Waals surface area contributed by atoms with Gasteiger partial charge in [0.1, 0.15) is 0 Å². The summed E-state index contributed by atoms with van der Waals surface area (Å²) >= 11 is 6.10. The summed E-state index contributed by atoms with van der Waals surface area (Å²) < 4.78 is 0. The number of aromatic nitrogens is 2.